The monoisotopic (exact) mass is 140 g/mol. The third kappa shape index (κ3) is 3.44. The van der Waals surface area contributed by atoms with E-state index in [4.69, 9.17) is 0 Å². The van der Waals surface area contributed by atoms with Crippen molar-refractivity contribution in [2.75, 3.05) is 0 Å². The highest BCUT2D eigenvalue weighted by atomic mass is 16.1. The van der Waals surface area contributed by atoms with Crippen LogP contribution in [-0.2, 0) is 4.79 Å². The molecule has 0 saturated heterocycles. The predicted octanol–water partition coefficient (Wildman–Crippen LogP) is 2.57. The van der Waals surface area contributed by atoms with Crippen molar-refractivity contribution < 1.29 is 4.79 Å². The first-order chi connectivity index (χ1) is 4.57. The van der Waals surface area contributed by atoms with Gasteiger partial charge in [-0.15, -0.1) is 0 Å². The van der Waals surface area contributed by atoms with Crippen LogP contribution >= 0.6 is 0 Å². The van der Waals surface area contributed by atoms with Crippen molar-refractivity contribution in [3.63, 3.8) is 0 Å². The Kier molecular flexibility index (Phi) is 4.01. The van der Waals surface area contributed by atoms with Gasteiger partial charge >= 0.3 is 0 Å². The topological polar surface area (TPSA) is 17.1 Å². The van der Waals surface area contributed by atoms with Gasteiger partial charge in [-0.05, 0) is 24.8 Å². The van der Waals surface area contributed by atoms with Crippen LogP contribution < -0.4 is 0 Å². The lowest BCUT2D eigenvalue weighted by atomic mass is 9.98. The number of hydrogen-bond acceptors (Lipinski definition) is 1. The summed E-state index contributed by atoms with van der Waals surface area (Å²) in [5, 5.41) is 0. The summed E-state index contributed by atoms with van der Waals surface area (Å²) in [5.41, 5.74) is 0.759. The molecule has 0 spiro atoms. The highest BCUT2D eigenvalue weighted by Crippen LogP contribution is 2.12. The zero-order valence-electron chi connectivity index (χ0n) is 7.11. The Morgan fingerprint density at radius 1 is 1.60 bits per heavy atom. The van der Waals surface area contributed by atoms with E-state index >= 15 is 0 Å². The zero-order chi connectivity index (χ0) is 8.15. The van der Waals surface area contributed by atoms with E-state index in [-0.39, 0.29) is 5.78 Å². The lowest BCUT2D eigenvalue weighted by molar-refractivity contribution is -0.113. The molecule has 0 amide bonds. The van der Waals surface area contributed by atoms with Crippen LogP contribution in [-0.4, -0.2) is 5.78 Å². The summed E-state index contributed by atoms with van der Waals surface area (Å²) in [6.45, 7) is 9.52. The maximum Gasteiger partial charge on any atom is 0.155 e. The molecule has 0 rings (SSSR count). The molecule has 1 nitrogen and oxygen atoms in total. The van der Waals surface area contributed by atoms with E-state index in [1.54, 1.807) is 6.92 Å². The Morgan fingerprint density at radius 2 is 2.10 bits per heavy atom. The quantitative estimate of drug-likeness (QED) is 0.548. The van der Waals surface area contributed by atoms with Crippen molar-refractivity contribution >= 4 is 5.78 Å². The second-order valence-corrected chi connectivity index (χ2v) is 2.88. The molecule has 1 heteroatoms. The molecule has 10 heavy (non-hydrogen) atoms. The van der Waals surface area contributed by atoms with Gasteiger partial charge in [-0.3, -0.25) is 4.79 Å². The average Bonchev–Trinajstić information content (AvgIpc) is 1.87. The van der Waals surface area contributed by atoms with Crippen LogP contribution in [0.15, 0.2) is 12.2 Å². The molecule has 0 fully saturated rings. The lowest BCUT2D eigenvalue weighted by Crippen LogP contribution is -2.00. The highest BCUT2D eigenvalue weighted by Gasteiger charge is 2.04. The molecule has 0 saturated carbocycles. The Labute approximate surface area is 63.1 Å². The minimum Gasteiger partial charge on any atom is -0.295 e. The molecule has 0 aliphatic carbocycles. The summed E-state index contributed by atoms with van der Waals surface area (Å²) in [7, 11) is 0. The number of carbonyl (C=O) groups excluding carboxylic acids is 1. The molecule has 0 aromatic rings. The van der Waals surface area contributed by atoms with Crippen LogP contribution in [0.4, 0.5) is 0 Å². The summed E-state index contributed by atoms with van der Waals surface area (Å²) in [6.07, 6.45) is 1.97. The van der Waals surface area contributed by atoms with Gasteiger partial charge < -0.3 is 0 Å². The minimum atomic E-state index is 0.125. The van der Waals surface area contributed by atoms with Crippen LogP contribution in [0.5, 0.6) is 0 Å². The first kappa shape index (κ1) is 9.41. The molecule has 0 radical (unpaired) electrons. The second kappa shape index (κ2) is 4.26. The molecule has 0 bridgehead atoms. The predicted molar refractivity (Wildman–Crippen MR) is 43.9 cm³/mol. The molecule has 0 aromatic carbocycles. The van der Waals surface area contributed by atoms with Gasteiger partial charge in [0.25, 0.3) is 0 Å². The first-order valence-corrected chi connectivity index (χ1v) is 3.76. The van der Waals surface area contributed by atoms with Crippen LogP contribution in [0.2, 0.25) is 0 Å². The normalized spacial score (nSPS) is 12.7. The number of hydrogen-bond donors (Lipinski definition) is 0. The molecule has 0 aliphatic rings. The van der Waals surface area contributed by atoms with Crippen molar-refractivity contribution in [1.29, 1.82) is 0 Å². The number of rotatable bonds is 4. The lowest BCUT2D eigenvalue weighted by Gasteiger charge is -2.07. The van der Waals surface area contributed by atoms with Crippen molar-refractivity contribution in [2.45, 2.75) is 33.6 Å². The molecule has 0 aromatic heterocycles. The highest BCUT2D eigenvalue weighted by molar-refractivity contribution is 5.92. The van der Waals surface area contributed by atoms with Crippen LogP contribution in [0.25, 0.3) is 0 Å². The van der Waals surface area contributed by atoms with Gasteiger partial charge in [0.1, 0.15) is 0 Å². The number of allylic oxidation sites excluding steroid dienone is 1. The Hall–Kier alpha value is -0.590. The van der Waals surface area contributed by atoms with Gasteiger partial charge in [0.05, 0.1) is 0 Å². The zero-order valence-corrected chi connectivity index (χ0v) is 7.11. The number of carbonyl (C=O) groups is 1. The van der Waals surface area contributed by atoms with Crippen molar-refractivity contribution in [3.05, 3.63) is 12.2 Å². The van der Waals surface area contributed by atoms with Crippen molar-refractivity contribution in [2.24, 2.45) is 5.92 Å². The molecule has 0 heterocycles. The number of Topliss-reactive ketones (excluding diaryl/α,β-unsaturated/α-hetero) is 1. The molecule has 58 valence electrons. The molecular formula is C9H16O. The third-order valence-corrected chi connectivity index (χ3v) is 1.79. The minimum absolute atomic E-state index is 0.125. The second-order valence-electron chi connectivity index (χ2n) is 2.88. The average molecular weight is 140 g/mol. The van der Waals surface area contributed by atoms with Gasteiger partial charge in [0.15, 0.2) is 5.78 Å². The standard InChI is InChI=1S/C9H16O/c1-5-7(2)6-8(3)9(4)10/h7H,3,5-6H2,1-2,4H3. The summed E-state index contributed by atoms with van der Waals surface area (Å²) in [5.74, 6) is 0.719. The largest absolute Gasteiger partial charge is 0.295 e. The summed E-state index contributed by atoms with van der Waals surface area (Å²) < 4.78 is 0. The molecule has 0 aliphatic heterocycles. The van der Waals surface area contributed by atoms with Gasteiger partial charge in [0.2, 0.25) is 0 Å². The summed E-state index contributed by atoms with van der Waals surface area (Å²) in [6, 6.07) is 0. The maximum atomic E-state index is 10.7. The van der Waals surface area contributed by atoms with Crippen LogP contribution in [0.3, 0.4) is 0 Å². The maximum absolute atomic E-state index is 10.7. The summed E-state index contributed by atoms with van der Waals surface area (Å²) >= 11 is 0. The molecule has 1 atom stereocenters. The van der Waals surface area contributed by atoms with E-state index in [1.807, 2.05) is 0 Å². The van der Waals surface area contributed by atoms with Gasteiger partial charge in [-0.1, -0.05) is 26.8 Å². The molecule has 1 unspecified atom stereocenters. The number of ketones is 1. The van der Waals surface area contributed by atoms with Crippen molar-refractivity contribution in [3.8, 4) is 0 Å². The van der Waals surface area contributed by atoms with E-state index in [0.29, 0.717) is 5.92 Å². The SMILES string of the molecule is C=C(CC(C)CC)C(C)=O. The fourth-order valence-corrected chi connectivity index (χ4v) is 0.709. The van der Waals surface area contributed by atoms with Gasteiger partial charge in [0, 0.05) is 0 Å². The third-order valence-electron chi connectivity index (χ3n) is 1.79. The van der Waals surface area contributed by atoms with E-state index in [9.17, 15) is 4.79 Å². The van der Waals surface area contributed by atoms with Crippen molar-refractivity contribution in [1.82, 2.24) is 0 Å². The fourth-order valence-electron chi connectivity index (χ4n) is 0.709. The molecule has 0 N–H and O–H groups in total. The van der Waals surface area contributed by atoms with Crippen LogP contribution in [0, 0.1) is 5.92 Å². The van der Waals surface area contributed by atoms with Gasteiger partial charge in [-0.2, -0.15) is 0 Å². The van der Waals surface area contributed by atoms with E-state index in [1.165, 1.54) is 0 Å². The van der Waals surface area contributed by atoms with Crippen LogP contribution in [0.1, 0.15) is 33.6 Å². The van der Waals surface area contributed by atoms with Gasteiger partial charge in [-0.25, -0.2) is 0 Å². The van der Waals surface area contributed by atoms with E-state index in [0.717, 1.165) is 18.4 Å². The molecular weight excluding hydrogens is 124 g/mol. The first-order valence-electron chi connectivity index (χ1n) is 3.76. The fraction of sp³-hybridized carbons (Fsp3) is 0.667. The summed E-state index contributed by atoms with van der Waals surface area (Å²) in [4.78, 5) is 10.7. The smallest absolute Gasteiger partial charge is 0.155 e. The van der Waals surface area contributed by atoms with E-state index < -0.39 is 0 Å². The van der Waals surface area contributed by atoms with E-state index in [2.05, 4.69) is 20.4 Å². The Morgan fingerprint density at radius 3 is 2.40 bits per heavy atom. The Balaban J connectivity index is 3.68. The Bertz CT molecular complexity index is 136.